The van der Waals surface area contributed by atoms with E-state index in [-0.39, 0.29) is 18.1 Å². The quantitative estimate of drug-likeness (QED) is 0.414. The second-order valence-corrected chi connectivity index (χ2v) is 10.9. The maximum atomic E-state index is 13.0. The number of aryl methyl sites for hydroxylation is 1. The highest BCUT2D eigenvalue weighted by Crippen LogP contribution is 2.28. The van der Waals surface area contributed by atoms with Crippen LogP contribution in [0.2, 0.25) is 0 Å². The molecule has 0 aliphatic rings. The average Bonchev–Trinajstić information content (AvgIpc) is 2.82. The highest BCUT2D eigenvalue weighted by molar-refractivity contribution is 7.93. The zero-order chi connectivity index (χ0) is 25.4. The van der Waals surface area contributed by atoms with Crippen molar-refractivity contribution in [3.8, 4) is 11.5 Å². The number of halogens is 1. The average molecular weight is 495 g/mol. The molecule has 34 heavy (non-hydrogen) atoms. The van der Waals surface area contributed by atoms with E-state index in [4.69, 9.17) is 15.2 Å². The molecule has 0 fully saturated rings. The van der Waals surface area contributed by atoms with E-state index in [0.29, 0.717) is 24.5 Å². The summed E-state index contributed by atoms with van der Waals surface area (Å²) in [5.74, 6) is -0.566. The number of methoxy groups -OCH3 is 1. The molecule has 188 valence electrons. The first-order chi connectivity index (χ1) is 16.0. The van der Waals surface area contributed by atoms with Gasteiger partial charge < -0.3 is 20.5 Å². The Hall–Kier alpha value is -2.65. The number of benzene rings is 2. The van der Waals surface area contributed by atoms with Crippen LogP contribution in [0.1, 0.15) is 38.3 Å². The van der Waals surface area contributed by atoms with Crippen molar-refractivity contribution in [2.75, 3.05) is 26.0 Å². The summed E-state index contributed by atoms with van der Waals surface area (Å²) in [7, 11) is -2.24. The van der Waals surface area contributed by atoms with Crippen molar-refractivity contribution in [2.45, 2.75) is 44.9 Å². The molecule has 0 radical (unpaired) electrons. The molecule has 0 heterocycles. The van der Waals surface area contributed by atoms with E-state index in [1.54, 1.807) is 39.2 Å². The van der Waals surface area contributed by atoms with Gasteiger partial charge in [-0.05, 0) is 60.6 Å². The zero-order valence-electron chi connectivity index (χ0n) is 20.3. The molecule has 2 rings (SSSR count). The largest absolute Gasteiger partial charge is 0.493 e. The Bertz CT molecular complexity index is 1060. The number of nitrogens with one attached hydrogen (secondary N) is 1. The Balaban J connectivity index is 1.91. The van der Waals surface area contributed by atoms with E-state index in [2.05, 4.69) is 5.32 Å². The first kappa shape index (κ1) is 27.6. The van der Waals surface area contributed by atoms with Crippen molar-refractivity contribution < 1.29 is 27.1 Å². The van der Waals surface area contributed by atoms with Gasteiger partial charge in [-0.15, -0.1) is 0 Å². The fourth-order valence-electron chi connectivity index (χ4n) is 3.56. The van der Waals surface area contributed by atoms with Gasteiger partial charge in [0.25, 0.3) is 5.91 Å². The summed E-state index contributed by atoms with van der Waals surface area (Å²) in [4.78, 5) is 10.7. The zero-order valence-corrected chi connectivity index (χ0v) is 21.1. The topological polar surface area (TPSA) is 108 Å². The minimum absolute atomic E-state index is 0.211. The lowest BCUT2D eigenvalue weighted by molar-refractivity contribution is -0.124. The maximum Gasteiger partial charge on any atom is 0.256 e. The van der Waals surface area contributed by atoms with Gasteiger partial charge in [0.2, 0.25) is 4.87 Å². The molecule has 0 aliphatic heterocycles. The van der Waals surface area contributed by atoms with Gasteiger partial charge in [-0.25, -0.2) is 12.8 Å². The maximum absolute atomic E-state index is 13.0. The molecule has 3 N–H and O–H groups in total. The third-order valence-electron chi connectivity index (χ3n) is 5.82. The second kappa shape index (κ2) is 12.2. The molecule has 0 aliphatic carbocycles. The molecule has 0 spiro atoms. The molecule has 2 aromatic carbocycles. The van der Waals surface area contributed by atoms with Crippen molar-refractivity contribution in [1.82, 2.24) is 5.32 Å². The predicted molar refractivity (Wildman–Crippen MR) is 131 cm³/mol. The van der Waals surface area contributed by atoms with Crippen LogP contribution in [-0.2, 0) is 27.5 Å². The summed E-state index contributed by atoms with van der Waals surface area (Å²) in [6, 6.07) is 11.9. The summed E-state index contributed by atoms with van der Waals surface area (Å²) in [6.07, 6.45) is 2.00. The van der Waals surface area contributed by atoms with E-state index < -0.39 is 26.5 Å². The fourth-order valence-corrected chi connectivity index (χ4v) is 5.11. The van der Waals surface area contributed by atoms with Crippen LogP contribution in [0, 0.1) is 11.7 Å². The lowest BCUT2D eigenvalue weighted by Crippen LogP contribution is -2.63. The third-order valence-corrected chi connectivity index (χ3v) is 8.26. The van der Waals surface area contributed by atoms with E-state index in [0.717, 1.165) is 24.0 Å². The molecule has 9 heteroatoms. The molecule has 1 amide bonds. The standard InChI is InChI=1S/C25H35FN2O5S/c1-5-34(30,31)25(27,18(2)3)24(29)28-15-14-20-10-13-22(23(17-20)32-4)33-16-6-7-19-8-11-21(26)12-9-19/h8-13,17-18H,5-7,14-16,27H2,1-4H3,(H,28,29)/t25-/m0/s1. The highest BCUT2D eigenvalue weighted by Gasteiger charge is 2.48. The van der Waals surface area contributed by atoms with E-state index >= 15 is 0 Å². The molecule has 2 aromatic rings. The van der Waals surface area contributed by atoms with Crippen molar-refractivity contribution in [3.05, 3.63) is 59.4 Å². The van der Waals surface area contributed by atoms with Gasteiger partial charge in [0.05, 0.1) is 13.7 Å². The number of ether oxygens (including phenoxy) is 2. The fraction of sp³-hybridized carbons (Fsp3) is 0.480. The summed E-state index contributed by atoms with van der Waals surface area (Å²) < 4.78 is 49.1. The Morgan fingerprint density at radius 3 is 2.32 bits per heavy atom. The number of rotatable bonds is 13. The van der Waals surface area contributed by atoms with Gasteiger partial charge in [-0.3, -0.25) is 4.79 Å². The van der Waals surface area contributed by atoms with Gasteiger partial charge >= 0.3 is 0 Å². The summed E-state index contributed by atoms with van der Waals surface area (Å²) in [5, 5.41) is 2.67. The molecule has 1 atom stereocenters. The predicted octanol–water partition coefficient (Wildman–Crippen LogP) is 3.25. The van der Waals surface area contributed by atoms with Crippen molar-refractivity contribution in [2.24, 2.45) is 11.7 Å². The minimum Gasteiger partial charge on any atom is -0.493 e. The molecule has 0 saturated heterocycles. The van der Waals surface area contributed by atoms with E-state index in [1.807, 2.05) is 12.1 Å². The first-order valence-electron chi connectivity index (χ1n) is 11.4. The van der Waals surface area contributed by atoms with E-state index in [1.165, 1.54) is 19.1 Å². The van der Waals surface area contributed by atoms with Gasteiger partial charge in [0, 0.05) is 12.3 Å². The van der Waals surface area contributed by atoms with Gasteiger partial charge in [-0.2, -0.15) is 0 Å². The number of carbonyl (C=O) groups is 1. The first-order valence-corrected chi connectivity index (χ1v) is 13.0. The van der Waals surface area contributed by atoms with E-state index in [9.17, 15) is 17.6 Å². The monoisotopic (exact) mass is 494 g/mol. The van der Waals surface area contributed by atoms with Crippen LogP contribution in [0.3, 0.4) is 0 Å². The smallest absolute Gasteiger partial charge is 0.256 e. The van der Waals surface area contributed by atoms with Crippen LogP contribution in [0.5, 0.6) is 11.5 Å². The van der Waals surface area contributed by atoms with Crippen molar-refractivity contribution >= 4 is 15.7 Å². The number of hydrogen-bond donors (Lipinski definition) is 2. The highest BCUT2D eigenvalue weighted by atomic mass is 32.2. The number of nitrogens with two attached hydrogens (primary N) is 1. The third kappa shape index (κ3) is 6.70. The number of sulfone groups is 1. The van der Waals surface area contributed by atoms with Crippen LogP contribution in [-0.4, -0.2) is 45.2 Å². The Labute approximate surface area is 201 Å². The molecule has 0 bridgehead atoms. The summed E-state index contributed by atoms with van der Waals surface area (Å²) >= 11 is 0. The molecule has 0 aromatic heterocycles. The van der Waals surface area contributed by atoms with Crippen molar-refractivity contribution in [1.29, 1.82) is 0 Å². The van der Waals surface area contributed by atoms with Crippen LogP contribution in [0.25, 0.3) is 0 Å². The molecule has 0 saturated carbocycles. The van der Waals surface area contributed by atoms with Gasteiger partial charge in [0.15, 0.2) is 21.3 Å². The van der Waals surface area contributed by atoms with Crippen LogP contribution in [0.4, 0.5) is 4.39 Å². The lowest BCUT2D eigenvalue weighted by Gasteiger charge is -2.31. The Morgan fingerprint density at radius 2 is 1.74 bits per heavy atom. The Morgan fingerprint density at radius 1 is 1.09 bits per heavy atom. The van der Waals surface area contributed by atoms with Crippen LogP contribution in [0.15, 0.2) is 42.5 Å². The molecular formula is C25H35FN2O5S. The van der Waals surface area contributed by atoms with Crippen LogP contribution < -0.4 is 20.5 Å². The summed E-state index contributed by atoms with van der Waals surface area (Å²) in [6.45, 7) is 5.42. The molecular weight excluding hydrogens is 459 g/mol. The van der Waals surface area contributed by atoms with Crippen LogP contribution >= 0.6 is 0 Å². The lowest BCUT2D eigenvalue weighted by atomic mass is 10.0. The minimum atomic E-state index is -3.79. The van der Waals surface area contributed by atoms with Crippen molar-refractivity contribution in [3.63, 3.8) is 0 Å². The van der Waals surface area contributed by atoms with Gasteiger partial charge in [-0.1, -0.05) is 39.0 Å². The molecule has 7 nitrogen and oxygen atoms in total. The normalized spacial score (nSPS) is 13.4. The SMILES string of the molecule is CCS(=O)(=O)[C@](N)(C(=O)NCCc1ccc(OCCCc2ccc(F)cc2)c(OC)c1)C(C)C. The number of amides is 1. The number of hydrogen-bond acceptors (Lipinski definition) is 6. The molecule has 0 unspecified atom stereocenters. The van der Waals surface area contributed by atoms with Gasteiger partial charge in [0.1, 0.15) is 5.82 Å². The number of carbonyl (C=O) groups excluding carboxylic acids is 1. The Kier molecular flexibility index (Phi) is 9.88. The second-order valence-electron chi connectivity index (χ2n) is 8.42. The summed E-state index contributed by atoms with van der Waals surface area (Å²) in [5.41, 5.74) is 8.00.